The fraction of sp³-hybridized carbons (Fsp3) is 0. The zero-order chi connectivity index (χ0) is 6.81. The molecule has 0 aliphatic rings. The molecule has 0 radical (unpaired) electrons. The van der Waals surface area contributed by atoms with Crippen LogP contribution in [0.1, 0.15) is 0 Å². The van der Waals surface area contributed by atoms with Crippen molar-refractivity contribution in [1.29, 1.82) is 0 Å². The van der Waals surface area contributed by atoms with E-state index in [0.717, 1.165) is 5.82 Å². The number of nitrogens with zero attached hydrogens (tertiary/aromatic N) is 3. The summed E-state index contributed by atoms with van der Waals surface area (Å²) >= 11 is 0. The highest BCUT2D eigenvalue weighted by molar-refractivity contribution is 5.19. The van der Waals surface area contributed by atoms with Crippen LogP contribution in [0.5, 0.6) is 0 Å². The van der Waals surface area contributed by atoms with Gasteiger partial charge >= 0.3 is 0 Å². The van der Waals surface area contributed by atoms with Gasteiger partial charge < -0.3 is 4.98 Å². The number of rotatable bonds is 1. The number of hydrogen-bond donors (Lipinski definition) is 1. The highest BCUT2D eigenvalue weighted by Gasteiger charge is 1.92. The molecule has 2 aromatic heterocycles. The smallest absolute Gasteiger partial charge is 0.133 e. The average Bonchev–Trinajstić information content (AvgIpc) is 2.59. The molecule has 0 unspecified atom stereocenters. The van der Waals surface area contributed by atoms with E-state index in [4.69, 9.17) is 0 Å². The molecule has 0 saturated heterocycles. The minimum absolute atomic E-state index is 0.928. The summed E-state index contributed by atoms with van der Waals surface area (Å²) in [5, 5.41) is 7.47. The van der Waals surface area contributed by atoms with E-state index in [-0.39, 0.29) is 0 Å². The van der Waals surface area contributed by atoms with Gasteiger partial charge in [-0.1, -0.05) is 5.21 Å². The highest BCUT2D eigenvalue weighted by Crippen LogP contribution is 1.98. The molecule has 0 spiro atoms. The molecule has 2 rings (SSSR count). The van der Waals surface area contributed by atoms with Crippen LogP contribution >= 0.6 is 0 Å². The van der Waals surface area contributed by atoms with Gasteiger partial charge in [0.1, 0.15) is 5.82 Å². The summed E-state index contributed by atoms with van der Waals surface area (Å²) in [5.74, 6) is 0.928. The van der Waals surface area contributed by atoms with Crippen LogP contribution in [0, 0.1) is 0 Å². The Kier molecular flexibility index (Phi) is 1.04. The third-order valence-electron chi connectivity index (χ3n) is 1.25. The highest BCUT2D eigenvalue weighted by atomic mass is 15.4. The Morgan fingerprint density at radius 2 is 2.50 bits per heavy atom. The molecule has 0 amide bonds. The molecule has 0 bridgehead atoms. The maximum absolute atomic E-state index is 3.79. The summed E-state index contributed by atoms with van der Waals surface area (Å²) in [6, 6.07) is 3.84. The van der Waals surface area contributed by atoms with E-state index >= 15 is 0 Å². The van der Waals surface area contributed by atoms with Gasteiger partial charge in [-0.15, -0.1) is 5.10 Å². The number of hydrogen-bond acceptors (Lipinski definition) is 2. The molecule has 2 heterocycles. The van der Waals surface area contributed by atoms with Crippen LogP contribution in [0.3, 0.4) is 0 Å². The molecule has 2 aromatic rings. The third kappa shape index (κ3) is 0.699. The zero-order valence-corrected chi connectivity index (χ0v) is 5.23. The van der Waals surface area contributed by atoms with Crippen LogP contribution in [-0.2, 0) is 0 Å². The van der Waals surface area contributed by atoms with Gasteiger partial charge in [0.15, 0.2) is 0 Å². The first-order valence-corrected chi connectivity index (χ1v) is 2.97. The topological polar surface area (TPSA) is 46.5 Å². The fourth-order valence-corrected chi connectivity index (χ4v) is 0.800. The minimum atomic E-state index is 0.928. The molecule has 10 heavy (non-hydrogen) atoms. The van der Waals surface area contributed by atoms with Crippen LogP contribution in [0.2, 0.25) is 0 Å². The second-order valence-electron chi connectivity index (χ2n) is 1.90. The molecule has 50 valence electrons. The van der Waals surface area contributed by atoms with Gasteiger partial charge in [0.05, 0.1) is 12.4 Å². The lowest BCUT2D eigenvalue weighted by Crippen LogP contribution is -1.93. The van der Waals surface area contributed by atoms with E-state index in [1.54, 1.807) is 17.1 Å². The quantitative estimate of drug-likeness (QED) is 0.620. The van der Waals surface area contributed by atoms with Crippen molar-refractivity contribution >= 4 is 0 Å². The van der Waals surface area contributed by atoms with E-state index < -0.39 is 0 Å². The molecule has 4 heteroatoms. The third-order valence-corrected chi connectivity index (χ3v) is 1.25. The van der Waals surface area contributed by atoms with Gasteiger partial charge in [0.2, 0.25) is 0 Å². The summed E-state index contributed by atoms with van der Waals surface area (Å²) < 4.78 is 1.67. The SMILES string of the molecule is c1c[nH]c(-n2ccnn2)c1. The lowest BCUT2D eigenvalue weighted by Gasteiger charge is -1.90. The Morgan fingerprint density at radius 3 is 3.10 bits per heavy atom. The molecule has 0 aliphatic carbocycles. The Labute approximate surface area is 57.5 Å². The van der Waals surface area contributed by atoms with Crippen molar-refractivity contribution in [1.82, 2.24) is 20.0 Å². The van der Waals surface area contributed by atoms with Gasteiger partial charge in [-0.2, -0.15) is 0 Å². The van der Waals surface area contributed by atoms with Crippen LogP contribution in [0.25, 0.3) is 5.82 Å². The summed E-state index contributed by atoms with van der Waals surface area (Å²) in [6.07, 6.45) is 5.27. The molecule has 0 aliphatic heterocycles. The summed E-state index contributed by atoms with van der Waals surface area (Å²) in [7, 11) is 0. The van der Waals surface area contributed by atoms with Gasteiger partial charge in [0, 0.05) is 6.20 Å². The fourth-order valence-electron chi connectivity index (χ4n) is 0.800. The number of nitrogens with one attached hydrogen (secondary N) is 1. The van der Waals surface area contributed by atoms with E-state index in [1.165, 1.54) is 0 Å². The Balaban J connectivity index is 2.48. The predicted molar refractivity (Wildman–Crippen MR) is 35.7 cm³/mol. The standard InChI is InChI=1S/C6H6N4/c1-2-6(7-3-1)10-5-4-8-9-10/h1-5,7H. The monoisotopic (exact) mass is 134 g/mol. The molecular formula is C6H6N4. The Hall–Kier alpha value is -1.58. The van der Waals surface area contributed by atoms with Crippen molar-refractivity contribution in [3.8, 4) is 5.82 Å². The van der Waals surface area contributed by atoms with Crippen LogP contribution in [0.4, 0.5) is 0 Å². The first kappa shape index (κ1) is 5.22. The Morgan fingerprint density at radius 1 is 1.50 bits per heavy atom. The maximum Gasteiger partial charge on any atom is 0.133 e. The molecule has 0 aromatic carbocycles. The van der Waals surface area contributed by atoms with E-state index in [1.807, 2.05) is 18.3 Å². The van der Waals surface area contributed by atoms with E-state index in [2.05, 4.69) is 15.3 Å². The summed E-state index contributed by atoms with van der Waals surface area (Å²) in [6.45, 7) is 0. The van der Waals surface area contributed by atoms with Crippen molar-refractivity contribution in [2.75, 3.05) is 0 Å². The van der Waals surface area contributed by atoms with Crippen LogP contribution < -0.4 is 0 Å². The zero-order valence-electron chi connectivity index (χ0n) is 5.23. The first-order chi connectivity index (χ1) is 4.97. The van der Waals surface area contributed by atoms with Crippen molar-refractivity contribution in [2.45, 2.75) is 0 Å². The van der Waals surface area contributed by atoms with Crippen LogP contribution in [0.15, 0.2) is 30.7 Å². The van der Waals surface area contributed by atoms with Gasteiger partial charge in [0.25, 0.3) is 0 Å². The van der Waals surface area contributed by atoms with Crippen molar-refractivity contribution in [2.24, 2.45) is 0 Å². The molecule has 1 N–H and O–H groups in total. The Bertz CT molecular complexity index is 249. The lowest BCUT2D eigenvalue weighted by atomic mass is 10.6. The number of aromatic amines is 1. The molecular weight excluding hydrogens is 128 g/mol. The summed E-state index contributed by atoms with van der Waals surface area (Å²) in [5.41, 5.74) is 0. The normalized spacial score (nSPS) is 10.0. The number of H-pyrrole nitrogens is 1. The summed E-state index contributed by atoms with van der Waals surface area (Å²) in [4.78, 5) is 3.00. The number of aromatic nitrogens is 4. The van der Waals surface area contributed by atoms with E-state index in [0.29, 0.717) is 0 Å². The largest absolute Gasteiger partial charge is 0.347 e. The van der Waals surface area contributed by atoms with Gasteiger partial charge in [-0.05, 0) is 12.1 Å². The first-order valence-electron chi connectivity index (χ1n) is 2.97. The second-order valence-corrected chi connectivity index (χ2v) is 1.90. The lowest BCUT2D eigenvalue weighted by molar-refractivity contribution is 0.786. The van der Waals surface area contributed by atoms with Crippen molar-refractivity contribution < 1.29 is 0 Å². The van der Waals surface area contributed by atoms with E-state index in [9.17, 15) is 0 Å². The van der Waals surface area contributed by atoms with Crippen molar-refractivity contribution in [3.63, 3.8) is 0 Å². The molecule has 0 atom stereocenters. The van der Waals surface area contributed by atoms with Gasteiger partial charge in [-0.3, -0.25) is 0 Å². The van der Waals surface area contributed by atoms with Crippen molar-refractivity contribution in [3.05, 3.63) is 30.7 Å². The molecule has 4 nitrogen and oxygen atoms in total. The predicted octanol–water partition coefficient (Wildman–Crippen LogP) is 0.595. The average molecular weight is 134 g/mol. The maximum atomic E-state index is 3.79. The molecule has 0 saturated carbocycles. The molecule has 0 fully saturated rings. The second kappa shape index (κ2) is 1.98. The minimum Gasteiger partial charge on any atom is -0.347 e. The van der Waals surface area contributed by atoms with Gasteiger partial charge in [-0.25, -0.2) is 4.68 Å². The van der Waals surface area contributed by atoms with Crippen LogP contribution in [-0.4, -0.2) is 20.0 Å².